The van der Waals surface area contributed by atoms with E-state index in [2.05, 4.69) is 19.9 Å². The minimum atomic E-state index is 0.141. The van der Waals surface area contributed by atoms with Crippen LogP contribution in [0.1, 0.15) is 27.2 Å². The highest BCUT2D eigenvalue weighted by atomic mass is 16.5. The van der Waals surface area contributed by atoms with Crippen LogP contribution in [0.5, 0.6) is 6.01 Å². The fourth-order valence-electron chi connectivity index (χ4n) is 2.10. The second-order valence-electron chi connectivity index (χ2n) is 4.79. The van der Waals surface area contributed by atoms with Crippen LogP contribution in [0.4, 0.5) is 11.9 Å². The van der Waals surface area contributed by atoms with Gasteiger partial charge in [-0.15, -0.1) is 0 Å². The van der Waals surface area contributed by atoms with Crippen LogP contribution < -0.4 is 15.4 Å². The Morgan fingerprint density at radius 2 is 1.95 bits per heavy atom. The standard InChI is InChI=1S/C12H21N5O2/c1-4-5-18-12-15-10(13)14-11(16-12)17-6-8(2)19-9(3)7-17/h8-9H,4-7H2,1-3H3,(H2,13,14,15,16). The van der Waals surface area contributed by atoms with Gasteiger partial charge in [-0.25, -0.2) is 0 Å². The molecule has 1 aromatic heterocycles. The van der Waals surface area contributed by atoms with Crippen LogP contribution in [0.3, 0.4) is 0 Å². The van der Waals surface area contributed by atoms with E-state index in [9.17, 15) is 0 Å². The van der Waals surface area contributed by atoms with Crippen molar-refractivity contribution >= 4 is 11.9 Å². The summed E-state index contributed by atoms with van der Waals surface area (Å²) in [6.07, 6.45) is 1.18. The van der Waals surface area contributed by atoms with E-state index in [-0.39, 0.29) is 24.2 Å². The van der Waals surface area contributed by atoms with Gasteiger partial charge in [-0.3, -0.25) is 0 Å². The molecule has 1 fully saturated rings. The first-order valence-corrected chi connectivity index (χ1v) is 6.63. The summed E-state index contributed by atoms with van der Waals surface area (Å²) in [5, 5.41) is 0. The molecule has 0 amide bonds. The Morgan fingerprint density at radius 1 is 1.26 bits per heavy atom. The fraction of sp³-hybridized carbons (Fsp3) is 0.750. The number of morpholine rings is 1. The van der Waals surface area contributed by atoms with Gasteiger partial charge >= 0.3 is 6.01 Å². The Kier molecular flexibility index (Phi) is 4.36. The number of nitrogen functional groups attached to an aromatic ring is 1. The maximum absolute atomic E-state index is 5.71. The monoisotopic (exact) mass is 267 g/mol. The molecule has 0 aromatic carbocycles. The maximum Gasteiger partial charge on any atom is 0.323 e. The van der Waals surface area contributed by atoms with Crippen molar-refractivity contribution in [2.24, 2.45) is 0 Å². The third-order valence-corrected chi connectivity index (χ3v) is 2.76. The molecule has 1 saturated heterocycles. The van der Waals surface area contributed by atoms with E-state index >= 15 is 0 Å². The highest BCUT2D eigenvalue weighted by Gasteiger charge is 2.24. The van der Waals surface area contributed by atoms with Gasteiger partial charge < -0.3 is 20.1 Å². The Balaban J connectivity index is 2.16. The van der Waals surface area contributed by atoms with Gasteiger partial charge in [0.15, 0.2) is 0 Å². The molecule has 2 rings (SSSR count). The zero-order chi connectivity index (χ0) is 13.8. The summed E-state index contributed by atoms with van der Waals surface area (Å²) in [7, 11) is 0. The minimum absolute atomic E-state index is 0.141. The summed E-state index contributed by atoms with van der Waals surface area (Å²) < 4.78 is 11.1. The zero-order valence-corrected chi connectivity index (χ0v) is 11.7. The van der Waals surface area contributed by atoms with E-state index in [1.54, 1.807) is 0 Å². The Hall–Kier alpha value is -1.63. The lowest BCUT2D eigenvalue weighted by Crippen LogP contribution is -2.46. The first-order chi connectivity index (χ1) is 9.08. The van der Waals surface area contributed by atoms with Gasteiger partial charge in [0.1, 0.15) is 0 Å². The van der Waals surface area contributed by atoms with Crippen molar-refractivity contribution in [2.45, 2.75) is 39.4 Å². The molecular weight excluding hydrogens is 246 g/mol. The summed E-state index contributed by atoms with van der Waals surface area (Å²) in [4.78, 5) is 14.5. The van der Waals surface area contributed by atoms with E-state index < -0.39 is 0 Å². The molecule has 2 atom stereocenters. The van der Waals surface area contributed by atoms with E-state index in [4.69, 9.17) is 15.2 Å². The molecule has 0 saturated carbocycles. The first-order valence-electron chi connectivity index (χ1n) is 6.63. The number of aromatic nitrogens is 3. The van der Waals surface area contributed by atoms with Crippen molar-refractivity contribution in [1.82, 2.24) is 15.0 Å². The molecule has 2 heterocycles. The number of hydrogen-bond donors (Lipinski definition) is 1. The highest BCUT2D eigenvalue weighted by Crippen LogP contribution is 2.19. The van der Waals surface area contributed by atoms with E-state index in [0.717, 1.165) is 19.5 Å². The van der Waals surface area contributed by atoms with Gasteiger partial charge in [-0.2, -0.15) is 15.0 Å². The lowest BCUT2D eigenvalue weighted by Gasteiger charge is -2.35. The number of rotatable bonds is 4. The molecule has 0 bridgehead atoms. The van der Waals surface area contributed by atoms with E-state index in [0.29, 0.717) is 12.6 Å². The second kappa shape index (κ2) is 6.01. The Bertz CT molecular complexity index is 419. The molecular formula is C12H21N5O2. The molecule has 106 valence electrons. The lowest BCUT2D eigenvalue weighted by molar-refractivity contribution is -0.00577. The molecule has 1 aromatic rings. The van der Waals surface area contributed by atoms with Gasteiger partial charge in [0.25, 0.3) is 0 Å². The average molecular weight is 267 g/mol. The largest absolute Gasteiger partial charge is 0.463 e. The summed E-state index contributed by atoms with van der Waals surface area (Å²) in [6, 6.07) is 0.288. The van der Waals surface area contributed by atoms with Gasteiger partial charge in [-0.05, 0) is 20.3 Å². The van der Waals surface area contributed by atoms with Crippen LogP contribution in [0.15, 0.2) is 0 Å². The summed E-state index contributed by atoms with van der Waals surface area (Å²) in [5.41, 5.74) is 5.71. The van der Waals surface area contributed by atoms with Crippen LogP contribution in [-0.4, -0.2) is 46.9 Å². The Labute approximate surface area is 113 Å². The molecule has 2 N–H and O–H groups in total. The third kappa shape index (κ3) is 3.66. The number of hydrogen-bond acceptors (Lipinski definition) is 7. The van der Waals surface area contributed by atoms with Crippen LogP contribution >= 0.6 is 0 Å². The van der Waals surface area contributed by atoms with Crippen molar-refractivity contribution in [1.29, 1.82) is 0 Å². The maximum atomic E-state index is 5.71. The summed E-state index contributed by atoms with van der Waals surface area (Å²) in [6.45, 7) is 8.13. The average Bonchev–Trinajstić information content (AvgIpc) is 2.34. The third-order valence-electron chi connectivity index (χ3n) is 2.76. The fourth-order valence-corrected chi connectivity index (χ4v) is 2.10. The SMILES string of the molecule is CCCOc1nc(N)nc(N2CC(C)OC(C)C2)n1. The molecule has 7 heteroatoms. The van der Waals surface area contributed by atoms with Crippen LogP contribution in [0.25, 0.3) is 0 Å². The van der Waals surface area contributed by atoms with Crippen molar-refractivity contribution in [3.63, 3.8) is 0 Å². The van der Waals surface area contributed by atoms with Gasteiger partial charge in [0, 0.05) is 13.1 Å². The zero-order valence-electron chi connectivity index (χ0n) is 11.7. The molecule has 0 aliphatic carbocycles. The van der Waals surface area contributed by atoms with E-state index in [1.165, 1.54) is 0 Å². The Morgan fingerprint density at radius 3 is 2.58 bits per heavy atom. The molecule has 1 aliphatic heterocycles. The van der Waals surface area contributed by atoms with Gasteiger partial charge in [-0.1, -0.05) is 6.92 Å². The quantitative estimate of drug-likeness (QED) is 0.865. The minimum Gasteiger partial charge on any atom is -0.463 e. The molecule has 2 unspecified atom stereocenters. The number of anilines is 2. The summed E-state index contributed by atoms with van der Waals surface area (Å²) >= 11 is 0. The van der Waals surface area contributed by atoms with Crippen molar-refractivity contribution in [3.8, 4) is 6.01 Å². The van der Waals surface area contributed by atoms with Gasteiger partial charge in [0.2, 0.25) is 11.9 Å². The van der Waals surface area contributed by atoms with Crippen molar-refractivity contribution in [3.05, 3.63) is 0 Å². The lowest BCUT2D eigenvalue weighted by atomic mass is 10.2. The normalized spacial score (nSPS) is 23.4. The number of nitrogens with two attached hydrogens (primary N) is 1. The highest BCUT2D eigenvalue weighted by molar-refractivity contribution is 5.36. The molecule has 7 nitrogen and oxygen atoms in total. The van der Waals surface area contributed by atoms with Crippen LogP contribution in [0, 0.1) is 0 Å². The van der Waals surface area contributed by atoms with Crippen molar-refractivity contribution < 1.29 is 9.47 Å². The van der Waals surface area contributed by atoms with Crippen LogP contribution in [-0.2, 0) is 4.74 Å². The first kappa shape index (κ1) is 13.8. The van der Waals surface area contributed by atoms with E-state index in [1.807, 2.05) is 20.8 Å². The smallest absolute Gasteiger partial charge is 0.323 e. The summed E-state index contributed by atoms with van der Waals surface area (Å²) in [5.74, 6) is 0.739. The second-order valence-corrected chi connectivity index (χ2v) is 4.79. The van der Waals surface area contributed by atoms with Crippen molar-refractivity contribution in [2.75, 3.05) is 30.3 Å². The predicted molar refractivity (Wildman–Crippen MR) is 72.2 cm³/mol. The molecule has 1 aliphatic rings. The van der Waals surface area contributed by atoms with Crippen LogP contribution in [0.2, 0.25) is 0 Å². The predicted octanol–water partition coefficient (Wildman–Crippen LogP) is 0.856. The number of nitrogens with zero attached hydrogens (tertiary/aromatic N) is 4. The topological polar surface area (TPSA) is 86.4 Å². The van der Waals surface area contributed by atoms with Gasteiger partial charge in [0.05, 0.1) is 18.8 Å². The molecule has 19 heavy (non-hydrogen) atoms. The molecule has 0 spiro atoms. The number of ether oxygens (including phenoxy) is 2. The molecule has 0 radical (unpaired) electrons.